The molecule has 0 heterocycles. The van der Waals surface area contributed by atoms with Crippen LogP contribution in [0, 0.1) is 0 Å². The average Bonchev–Trinajstić information content (AvgIpc) is 2.76. The molecule has 3 rings (SSSR count). The van der Waals surface area contributed by atoms with Gasteiger partial charge < -0.3 is 15.4 Å². The smallest absolute Gasteiger partial charge is 0.237 e. The molecule has 3 aromatic rings. The Balaban J connectivity index is 1.58. The predicted molar refractivity (Wildman–Crippen MR) is 127 cm³/mol. The molecular formula is C25H26N2O3S. The van der Waals surface area contributed by atoms with Gasteiger partial charge in [0.15, 0.2) is 0 Å². The molecule has 0 bridgehead atoms. The molecule has 0 saturated heterocycles. The first-order valence-electron chi connectivity index (χ1n) is 10.2. The van der Waals surface area contributed by atoms with Crippen molar-refractivity contribution in [2.75, 3.05) is 17.2 Å². The molecule has 1 unspecified atom stereocenters. The van der Waals surface area contributed by atoms with Gasteiger partial charge in [0.1, 0.15) is 5.75 Å². The summed E-state index contributed by atoms with van der Waals surface area (Å²) in [6.45, 7) is 4.28. The molecular weight excluding hydrogens is 408 g/mol. The lowest BCUT2D eigenvalue weighted by molar-refractivity contribution is -0.116. The molecule has 0 aliphatic heterocycles. The number of amides is 2. The summed E-state index contributed by atoms with van der Waals surface area (Å²) in [5.41, 5.74) is 2.33. The SMILES string of the molecule is CCOc1ccccc1NC(=O)C(C)Sc1cccc(NC(=O)Cc2ccccc2)c1. The van der Waals surface area contributed by atoms with Crippen LogP contribution >= 0.6 is 11.8 Å². The number of hydrogen-bond donors (Lipinski definition) is 2. The van der Waals surface area contributed by atoms with Crippen LogP contribution in [0.25, 0.3) is 0 Å². The zero-order chi connectivity index (χ0) is 22.1. The summed E-state index contributed by atoms with van der Waals surface area (Å²) in [5, 5.41) is 5.53. The first kappa shape index (κ1) is 22.4. The molecule has 3 aromatic carbocycles. The van der Waals surface area contributed by atoms with E-state index < -0.39 is 0 Å². The Morgan fingerprint density at radius 2 is 1.68 bits per heavy atom. The van der Waals surface area contributed by atoms with E-state index in [1.165, 1.54) is 11.8 Å². The van der Waals surface area contributed by atoms with Gasteiger partial charge >= 0.3 is 0 Å². The van der Waals surface area contributed by atoms with Crippen molar-refractivity contribution in [3.05, 3.63) is 84.4 Å². The molecule has 0 aliphatic carbocycles. The van der Waals surface area contributed by atoms with Crippen molar-refractivity contribution < 1.29 is 14.3 Å². The van der Waals surface area contributed by atoms with Gasteiger partial charge in [-0.3, -0.25) is 9.59 Å². The number of hydrogen-bond acceptors (Lipinski definition) is 4. The van der Waals surface area contributed by atoms with Crippen molar-refractivity contribution in [2.24, 2.45) is 0 Å². The van der Waals surface area contributed by atoms with E-state index in [0.29, 0.717) is 30.2 Å². The van der Waals surface area contributed by atoms with Crippen LogP contribution in [0.5, 0.6) is 5.75 Å². The highest BCUT2D eigenvalue weighted by Gasteiger charge is 2.16. The van der Waals surface area contributed by atoms with Crippen molar-refractivity contribution in [3.8, 4) is 5.75 Å². The highest BCUT2D eigenvalue weighted by molar-refractivity contribution is 8.00. The second kappa shape index (κ2) is 11.2. The third-order valence-corrected chi connectivity index (χ3v) is 5.55. The maximum absolute atomic E-state index is 12.7. The molecule has 0 aromatic heterocycles. The topological polar surface area (TPSA) is 67.4 Å². The van der Waals surface area contributed by atoms with E-state index in [-0.39, 0.29) is 17.1 Å². The normalized spacial score (nSPS) is 11.4. The summed E-state index contributed by atoms with van der Waals surface area (Å²) >= 11 is 1.43. The Morgan fingerprint density at radius 3 is 2.45 bits per heavy atom. The first-order valence-corrected chi connectivity index (χ1v) is 11.1. The van der Waals surface area contributed by atoms with Gasteiger partial charge in [0.05, 0.1) is 24.0 Å². The molecule has 1 atom stereocenters. The molecule has 0 saturated carbocycles. The second-order valence-corrected chi connectivity index (χ2v) is 8.33. The van der Waals surface area contributed by atoms with Crippen LogP contribution in [-0.4, -0.2) is 23.7 Å². The van der Waals surface area contributed by atoms with E-state index in [4.69, 9.17) is 4.74 Å². The Kier molecular flexibility index (Phi) is 8.12. The summed E-state index contributed by atoms with van der Waals surface area (Å²) in [5.74, 6) is 0.459. The lowest BCUT2D eigenvalue weighted by Crippen LogP contribution is -2.22. The third kappa shape index (κ3) is 6.89. The van der Waals surface area contributed by atoms with Gasteiger partial charge in [-0.15, -0.1) is 11.8 Å². The largest absolute Gasteiger partial charge is 0.492 e. The van der Waals surface area contributed by atoms with E-state index >= 15 is 0 Å². The fourth-order valence-corrected chi connectivity index (χ4v) is 3.90. The second-order valence-electron chi connectivity index (χ2n) is 6.92. The van der Waals surface area contributed by atoms with Crippen molar-refractivity contribution in [3.63, 3.8) is 0 Å². The number of anilines is 2. The van der Waals surface area contributed by atoms with Crippen LogP contribution < -0.4 is 15.4 Å². The van der Waals surface area contributed by atoms with Gasteiger partial charge in [-0.1, -0.05) is 48.5 Å². The van der Waals surface area contributed by atoms with E-state index in [1.54, 1.807) is 0 Å². The minimum atomic E-state index is -0.329. The number of carbonyl (C=O) groups excluding carboxylic acids is 2. The fourth-order valence-electron chi connectivity index (χ4n) is 2.98. The van der Waals surface area contributed by atoms with E-state index in [2.05, 4.69) is 10.6 Å². The molecule has 160 valence electrons. The maximum Gasteiger partial charge on any atom is 0.237 e. The number of carbonyl (C=O) groups is 2. The zero-order valence-corrected chi connectivity index (χ0v) is 18.4. The highest BCUT2D eigenvalue weighted by Crippen LogP contribution is 2.29. The third-order valence-electron chi connectivity index (χ3n) is 4.45. The number of rotatable bonds is 9. The van der Waals surface area contributed by atoms with E-state index in [1.807, 2.05) is 92.7 Å². The summed E-state index contributed by atoms with van der Waals surface area (Å²) in [4.78, 5) is 25.9. The lowest BCUT2D eigenvalue weighted by atomic mass is 10.1. The Bertz CT molecular complexity index is 1020. The summed E-state index contributed by atoms with van der Waals surface area (Å²) in [6, 6.07) is 24.5. The van der Waals surface area contributed by atoms with Crippen LogP contribution in [-0.2, 0) is 16.0 Å². The van der Waals surface area contributed by atoms with Crippen LogP contribution in [0.4, 0.5) is 11.4 Å². The molecule has 0 radical (unpaired) electrons. The molecule has 6 heteroatoms. The van der Waals surface area contributed by atoms with Gasteiger partial charge in [0.2, 0.25) is 11.8 Å². The van der Waals surface area contributed by atoms with Crippen LogP contribution in [0.1, 0.15) is 19.4 Å². The quantitative estimate of drug-likeness (QED) is 0.443. The Morgan fingerprint density at radius 1 is 0.935 bits per heavy atom. The fraction of sp³-hybridized carbons (Fsp3) is 0.200. The standard InChI is InChI=1S/C25H26N2O3S/c1-3-30-23-15-8-7-14-22(23)27-25(29)18(2)31-21-13-9-12-20(17-21)26-24(28)16-19-10-5-4-6-11-19/h4-15,17-18H,3,16H2,1-2H3,(H,26,28)(H,27,29). The number of nitrogens with one attached hydrogen (secondary N) is 2. The minimum Gasteiger partial charge on any atom is -0.492 e. The summed E-state index contributed by atoms with van der Waals surface area (Å²) in [6.07, 6.45) is 0.316. The molecule has 5 nitrogen and oxygen atoms in total. The summed E-state index contributed by atoms with van der Waals surface area (Å²) < 4.78 is 5.57. The number of para-hydroxylation sites is 2. The van der Waals surface area contributed by atoms with Gasteiger partial charge in [-0.05, 0) is 49.7 Å². The van der Waals surface area contributed by atoms with Gasteiger partial charge in [-0.2, -0.15) is 0 Å². The molecule has 0 fully saturated rings. The molecule has 0 spiro atoms. The van der Waals surface area contributed by atoms with E-state index in [9.17, 15) is 9.59 Å². The summed E-state index contributed by atoms with van der Waals surface area (Å²) in [7, 11) is 0. The van der Waals surface area contributed by atoms with Gasteiger partial charge in [-0.25, -0.2) is 0 Å². The monoisotopic (exact) mass is 434 g/mol. The van der Waals surface area contributed by atoms with Crippen LogP contribution in [0.3, 0.4) is 0 Å². The Hall–Kier alpha value is -3.25. The van der Waals surface area contributed by atoms with Crippen molar-refractivity contribution in [2.45, 2.75) is 30.4 Å². The number of thioether (sulfide) groups is 1. The maximum atomic E-state index is 12.7. The first-order chi connectivity index (χ1) is 15.0. The lowest BCUT2D eigenvalue weighted by Gasteiger charge is -2.15. The van der Waals surface area contributed by atoms with Crippen molar-refractivity contribution in [1.29, 1.82) is 0 Å². The minimum absolute atomic E-state index is 0.0772. The molecule has 2 amide bonds. The molecule has 31 heavy (non-hydrogen) atoms. The van der Waals surface area contributed by atoms with Crippen molar-refractivity contribution >= 4 is 35.0 Å². The van der Waals surface area contributed by atoms with E-state index in [0.717, 1.165) is 10.5 Å². The highest BCUT2D eigenvalue weighted by atomic mass is 32.2. The number of benzene rings is 3. The molecule has 0 aliphatic rings. The Labute approximate surface area is 187 Å². The average molecular weight is 435 g/mol. The van der Waals surface area contributed by atoms with Crippen LogP contribution in [0.2, 0.25) is 0 Å². The zero-order valence-electron chi connectivity index (χ0n) is 17.6. The van der Waals surface area contributed by atoms with Gasteiger partial charge in [0.25, 0.3) is 0 Å². The predicted octanol–water partition coefficient (Wildman–Crippen LogP) is 5.39. The van der Waals surface area contributed by atoms with Crippen LogP contribution in [0.15, 0.2) is 83.8 Å². The number of ether oxygens (including phenoxy) is 1. The van der Waals surface area contributed by atoms with Crippen molar-refractivity contribution in [1.82, 2.24) is 0 Å². The molecule has 2 N–H and O–H groups in total. The van der Waals surface area contributed by atoms with Gasteiger partial charge in [0, 0.05) is 10.6 Å².